The predicted octanol–water partition coefficient (Wildman–Crippen LogP) is 4.89. The Bertz CT molecular complexity index is 920. The van der Waals surface area contributed by atoms with Gasteiger partial charge in [-0.1, -0.05) is 20.3 Å². The van der Waals surface area contributed by atoms with Crippen LogP contribution < -0.4 is 5.32 Å². The zero-order chi connectivity index (χ0) is 20.3. The highest BCUT2D eigenvalue weighted by atomic mass is 19.1. The molecule has 2 fully saturated rings. The van der Waals surface area contributed by atoms with Crippen molar-refractivity contribution in [3.63, 3.8) is 0 Å². The van der Waals surface area contributed by atoms with E-state index in [9.17, 15) is 14.3 Å². The van der Waals surface area contributed by atoms with Gasteiger partial charge < -0.3 is 9.67 Å². The van der Waals surface area contributed by atoms with Crippen molar-refractivity contribution in [2.75, 3.05) is 5.32 Å². The second-order valence-electron chi connectivity index (χ2n) is 9.49. The molecule has 0 aliphatic heterocycles. The van der Waals surface area contributed by atoms with Crippen molar-refractivity contribution in [1.82, 2.24) is 9.55 Å². The Morgan fingerprint density at radius 1 is 1.36 bits per heavy atom. The zero-order valence-corrected chi connectivity index (χ0v) is 17.2. The molecule has 5 nitrogen and oxygen atoms in total. The number of nitrogens with zero attached hydrogens (tertiary/aromatic N) is 2. The smallest absolute Gasteiger partial charge is 0.230 e. The molecule has 0 saturated heterocycles. The molecule has 1 amide bonds. The van der Waals surface area contributed by atoms with Gasteiger partial charge in [0.05, 0.1) is 11.1 Å². The van der Waals surface area contributed by atoms with Gasteiger partial charge in [0.25, 0.3) is 0 Å². The summed E-state index contributed by atoms with van der Waals surface area (Å²) >= 11 is 0. The number of anilines is 1. The monoisotopic (exact) mass is 387 g/mol. The van der Waals surface area contributed by atoms with Crippen molar-refractivity contribution in [1.29, 1.82) is 0 Å². The van der Waals surface area contributed by atoms with Gasteiger partial charge in [-0.25, -0.2) is 9.37 Å². The normalized spacial score (nSPS) is 20.5. The molecule has 0 radical (unpaired) electrons. The quantitative estimate of drug-likeness (QED) is 0.767. The van der Waals surface area contributed by atoms with Crippen LogP contribution in [-0.2, 0) is 10.4 Å². The number of imidazole rings is 1. The summed E-state index contributed by atoms with van der Waals surface area (Å²) < 4.78 is 16.8. The molecule has 1 aromatic carbocycles. The Balaban J connectivity index is 1.75. The van der Waals surface area contributed by atoms with E-state index in [1.54, 1.807) is 19.9 Å². The molecule has 2 aliphatic rings. The van der Waals surface area contributed by atoms with Crippen LogP contribution in [0.1, 0.15) is 77.8 Å². The minimum Gasteiger partial charge on any atom is -0.386 e. The van der Waals surface area contributed by atoms with Gasteiger partial charge >= 0.3 is 0 Å². The van der Waals surface area contributed by atoms with Gasteiger partial charge in [-0.3, -0.25) is 10.1 Å². The Morgan fingerprint density at radius 2 is 2.04 bits per heavy atom. The van der Waals surface area contributed by atoms with E-state index in [4.69, 9.17) is 0 Å². The van der Waals surface area contributed by atoms with Crippen LogP contribution in [0.2, 0.25) is 0 Å². The first-order chi connectivity index (χ1) is 13.1. The SMILES string of the molecule is CC(C(=O)Nc1nc2c(F)cc(C(C)(C)O)cc2n1C1CCC1)C1(C)CCC1. The molecule has 2 N–H and O–H groups in total. The molecule has 28 heavy (non-hydrogen) atoms. The number of fused-ring (bicyclic) bond motifs is 1. The molecule has 1 unspecified atom stereocenters. The van der Waals surface area contributed by atoms with Gasteiger partial charge in [-0.2, -0.15) is 0 Å². The fraction of sp³-hybridized carbons (Fsp3) is 0.636. The molecule has 1 atom stereocenters. The van der Waals surface area contributed by atoms with Gasteiger partial charge in [0, 0.05) is 12.0 Å². The van der Waals surface area contributed by atoms with Gasteiger partial charge in [0.15, 0.2) is 5.82 Å². The van der Waals surface area contributed by atoms with E-state index in [0.717, 1.165) is 32.1 Å². The highest BCUT2D eigenvalue weighted by molar-refractivity contribution is 5.93. The number of nitrogens with one attached hydrogen (secondary N) is 1. The lowest BCUT2D eigenvalue weighted by atomic mass is 9.63. The lowest BCUT2D eigenvalue weighted by Crippen LogP contribution is -2.40. The summed E-state index contributed by atoms with van der Waals surface area (Å²) in [4.78, 5) is 17.4. The highest BCUT2D eigenvalue weighted by Crippen LogP contribution is 2.47. The summed E-state index contributed by atoms with van der Waals surface area (Å²) in [7, 11) is 0. The van der Waals surface area contributed by atoms with Crippen LogP contribution >= 0.6 is 0 Å². The number of halogens is 1. The molecule has 152 valence electrons. The fourth-order valence-corrected chi connectivity index (χ4v) is 4.31. The summed E-state index contributed by atoms with van der Waals surface area (Å²) in [6.07, 6.45) is 6.36. The third kappa shape index (κ3) is 3.11. The van der Waals surface area contributed by atoms with Gasteiger partial charge in [0.2, 0.25) is 11.9 Å². The number of hydrogen-bond donors (Lipinski definition) is 2. The predicted molar refractivity (Wildman–Crippen MR) is 108 cm³/mol. The van der Waals surface area contributed by atoms with Crippen LogP contribution in [0, 0.1) is 17.2 Å². The number of aromatic nitrogens is 2. The maximum atomic E-state index is 14.8. The van der Waals surface area contributed by atoms with Crippen LogP contribution in [-0.4, -0.2) is 20.6 Å². The zero-order valence-electron chi connectivity index (χ0n) is 17.2. The fourth-order valence-electron chi connectivity index (χ4n) is 4.31. The van der Waals surface area contributed by atoms with Crippen LogP contribution in [0.3, 0.4) is 0 Å². The molecule has 2 saturated carbocycles. The molecular weight excluding hydrogens is 357 g/mol. The van der Waals surface area contributed by atoms with Crippen LogP contribution in [0.4, 0.5) is 10.3 Å². The summed E-state index contributed by atoms with van der Waals surface area (Å²) in [5.74, 6) is -0.220. The van der Waals surface area contributed by atoms with Gasteiger partial charge in [-0.05, 0) is 69.1 Å². The van der Waals surface area contributed by atoms with Crippen molar-refractivity contribution in [2.45, 2.75) is 77.9 Å². The topological polar surface area (TPSA) is 67.2 Å². The Kier molecular flexibility index (Phi) is 4.53. The molecular formula is C22H30FN3O2. The van der Waals surface area contributed by atoms with E-state index < -0.39 is 11.4 Å². The Hall–Kier alpha value is -1.95. The van der Waals surface area contributed by atoms with E-state index in [2.05, 4.69) is 17.2 Å². The third-order valence-corrected chi connectivity index (χ3v) is 7.06. The average Bonchev–Trinajstić information content (AvgIpc) is 2.88. The summed E-state index contributed by atoms with van der Waals surface area (Å²) in [5, 5.41) is 13.3. The van der Waals surface area contributed by atoms with E-state index in [1.165, 1.54) is 12.5 Å². The maximum absolute atomic E-state index is 14.8. The van der Waals surface area contributed by atoms with Crippen molar-refractivity contribution in [3.05, 3.63) is 23.5 Å². The minimum absolute atomic E-state index is 0.0384. The number of amides is 1. The maximum Gasteiger partial charge on any atom is 0.230 e. The summed E-state index contributed by atoms with van der Waals surface area (Å²) in [6.45, 7) is 7.41. The van der Waals surface area contributed by atoms with E-state index in [0.29, 0.717) is 17.0 Å². The number of hydrogen-bond acceptors (Lipinski definition) is 3. The second kappa shape index (κ2) is 6.55. The molecule has 0 bridgehead atoms. The standard InChI is InChI=1S/C22H30FN3O2/c1-13(22(4)9-6-10-22)19(27)25-20-24-18-16(23)11-14(21(2,3)28)12-17(18)26(20)15-7-5-8-15/h11-13,15,28H,5-10H2,1-4H3,(H,24,25,27). The second-order valence-corrected chi connectivity index (χ2v) is 9.49. The molecule has 2 aromatic rings. The summed E-state index contributed by atoms with van der Waals surface area (Å²) in [5.41, 5.74) is 0.278. The Morgan fingerprint density at radius 3 is 2.54 bits per heavy atom. The molecule has 2 aliphatic carbocycles. The van der Waals surface area contributed by atoms with E-state index >= 15 is 0 Å². The molecule has 1 aromatic heterocycles. The lowest BCUT2D eigenvalue weighted by Gasteiger charge is -2.42. The van der Waals surface area contributed by atoms with Gasteiger partial charge in [0.1, 0.15) is 5.52 Å². The molecule has 1 heterocycles. The van der Waals surface area contributed by atoms with E-state index in [1.807, 2.05) is 11.5 Å². The summed E-state index contributed by atoms with van der Waals surface area (Å²) in [6, 6.07) is 3.34. The third-order valence-electron chi connectivity index (χ3n) is 7.06. The first-order valence-electron chi connectivity index (χ1n) is 10.4. The molecule has 4 rings (SSSR count). The number of carbonyl (C=O) groups is 1. The average molecular weight is 387 g/mol. The van der Waals surface area contributed by atoms with Crippen molar-refractivity contribution in [3.8, 4) is 0 Å². The largest absolute Gasteiger partial charge is 0.386 e. The van der Waals surface area contributed by atoms with Crippen LogP contribution in [0.5, 0.6) is 0 Å². The lowest BCUT2D eigenvalue weighted by molar-refractivity contribution is -0.125. The minimum atomic E-state index is -1.15. The number of rotatable bonds is 5. The molecule has 6 heteroatoms. The van der Waals surface area contributed by atoms with Crippen molar-refractivity contribution in [2.24, 2.45) is 11.3 Å². The van der Waals surface area contributed by atoms with Crippen molar-refractivity contribution < 1.29 is 14.3 Å². The molecule has 0 spiro atoms. The van der Waals surface area contributed by atoms with Crippen molar-refractivity contribution >= 4 is 22.9 Å². The van der Waals surface area contributed by atoms with Gasteiger partial charge in [-0.15, -0.1) is 0 Å². The first-order valence-corrected chi connectivity index (χ1v) is 10.4. The number of carbonyl (C=O) groups excluding carboxylic acids is 1. The Labute approximate surface area is 165 Å². The van der Waals surface area contributed by atoms with Crippen LogP contribution in [0.25, 0.3) is 11.0 Å². The number of benzene rings is 1. The van der Waals surface area contributed by atoms with Crippen LogP contribution in [0.15, 0.2) is 12.1 Å². The first kappa shape index (κ1) is 19.4. The number of aliphatic hydroxyl groups is 1. The highest BCUT2D eigenvalue weighted by Gasteiger charge is 2.41. The van der Waals surface area contributed by atoms with E-state index in [-0.39, 0.29) is 28.8 Å².